The fourth-order valence-electron chi connectivity index (χ4n) is 3.63. The minimum atomic E-state index is 0.150. The van der Waals surface area contributed by atoms with Crippen LogP contribution in [0.5, 0.6) is 0 Å². The summed E-state index contributed by atoms with van der Waals surface area (Å²) in [6.07, 6.45) is 8.22. The van der Waals surface area contributed by atoms with Crippen molar-refractivity contribution in [3.63, 3.8) is 0 Å². The van der Waals surface area contributed by atoms with Gasteiger partial charge < -0.3 is 10.6 Å². The largest absolute Gasteiger partial charge is 0.381 e. The number of carbonyl (C=O) groups excluding carboxylic acids is 1. The van der Waals surface area contributed by atoms with Crippen LogP contribution in [0.25, 0.3) is 0 Å². The monoisotopic (exact) mass is 362 g/mol. The number of aryl methyl sites for hydroxylation is 1. The summed E-state index contributed by atoms with van der Waals surface area (Å²) in [5.74, 6) is 0.150. The number of nitriles is 1. The highest BCUT2D eigenvalue weighted by molar-refractivity contribution is 5.76. The highest BCUT2D eigenvalue weighted by Gasteiger charge is 2.23. The summed E-state index contributed by atoms with van der Waals surface area (Å²) >= 11 is 0. The number of anilines is 1. The lowest BCUT2D eigenvalue weighted by molar-refractivity contribution is -0.122. The molecule has 2 N–H and O–H groups in total. The Balaban J connectivity index is 1.40. The van der Waals surface area contributed by atoms with Crippen molar-refractivity contribution in [2.75, 3.05) is 5.32 Å². The zero-order valence-electron chi connectivity index (χ0n) is 15.5. The molecule has 5 heteroatoms. The van der Waals surface area contributed by atoms with Crippen molar-refractivity contribution in [2.45, 2.75) is 57.0 Å². The number of nitrogens with zero attached hydrogens (tertiary/aromatic N) is 2. The molecule has 3 rings (SSSR count). The number of amides is 1. The van der Waals surface area contributed by atoms with E-state index in [0.29, 0.717) is 18.2 Å². The van der Waals surface area contributed by atoms with E-state index in [4.69, 9.17) is 5.26 Å². The number of pyridine rings is 1. The fourth-order valence-corrected chi connectivity index (χ4v) is 3.63. The van der Waals surface area contributed by atoms with Gasteiger partial charge in [0, 0.05) is 18.5 Å². The van der Waals surface area contributed by atoms with E-state index in [9.17, 15) is 4.79 Å². The van der Waals surface area contributed by atoms with Gasteiger partial charge >= 0.3 is 0 Å². The molecule has 0 saturated heterocycles. The van der Waals surface area contributed by atoms with E-state index in [1.807, 2.05) is 30.3 Å². The molecular formula is C22H26N4O. The summed E-state index contributed by atoms with van der Waals surface area (Å²) in [5, 5.41) is 15.5. The van der Waals surface area contributed by atoms with Gasteiger partial charge in [-0.2, -0.15) is 5.26 Å². The molecule has 27 heavy (non-hydrogen) atoms. The lowest BCUT2D eigenvalue weighted by Gasteiger charge is -2.31. The van der Waals surface area contributed by atoms with Gasteiger partial charge in [-0.05, 0) is 56.2 Å². The van der Waals surface area contributed by atoms with Crippen molar-refractivity contribution < 1.29 is 4.79 Å². The lowest BCUT2D eigenvalue weighted by Crippen LogP contribution is -2.41. The molecule has 1 aromatic heterocycles. The molecular weight excluding hydrogens is 336 g/mol. The van der Waals surface area contributed by atoms with Crippen molar-refractivity contribution in [1.29, 1.82) is 5.26 Å². The first-order chi connectivity index (χ1) is 13.2. The van der Waals surface area contributed by atoms with Crippen molar-refractivity contribution in [3.8, 4) is 6.07 Å². The number of hydrogen-bond donors (Lipinski definition) is 2. The highest BCUT2D eigenvalue weighted by atomic mass is 16.1. The molecule has 140 valence electrons. The Bertz CT molecular complexity index is 767. The van der Waals surface area contributed by atoms with E-state index in [2.05, 4.69) is 27.8 Å². The average Bonchev–Trinajstić information content (AvgIpc) is 2.70. The molecule has 1 saturated carbocycles. The standard InChI is InChI=1S/C22H26N4O/c23-15-20-12-13-21(16-24-20)25-18-9-5-10-19(14-18)26-22(27)11-4-8-17-6-2-1-3-7-17/h1-3,6-7,12-13,16,18-19,25H,4-5,8-11,14H2,(H,26,27). The predicted octanol–water partition coefficient (Wildman–Crippen LogP) is 3.82. The second-order valence-electron chi connectivity index (χ2n) is 7.16. The summed E-state index contributed by atoms with van der Waals surface area (Å²) < 4.78 is 0. The van der Waals surface area contributed by atoms with Gasteiger partial charge in [-0.25, -0.2) is 4.98 Å². The van der Waals surface area contributed by atoms with Crippen LogP contribution in [0.15, 0.2) is 48.7 Å². The summed E-state index contributed by atoms with van der Waals surface area (Å²) in [6, 6.07) is 16.5. The summed E-state index contributed by atoms with van der Waals surface area (Å²) in [7, 11) is 0. The van der Waals surface area contributed by atoms with Crippen LogP contribution < -0.4 is 10.6 Å². The molecule has 1 aromatic carbocycles. The Morgan fingerprint density at radius 1 is 1.15 bits per heavy atom. The average molecular weight is 362 g/mol. The van der Waals surface area contributed by atoms with Gasteiger partial charge in [-0.3, -0.25) is 4.79 Å². The Hall–Kier alpha value is -2.87. The van der Waals surface area contributed by atoms with Gasteiger partial charge in [0.25, 0.3) is 0 Å². The van der Waals surface area contributed by atoms with Crippen LogP contribution in [-0.2, 0) is 11.2 Å². The Labute approximate surface area is 160 Å². The van der Waals surface area contributed by atoms with Crippen LogP contribution in [-0.4, -0.2) is 23.0 Å². The maximum absolute atomic E-state index is 12.3. The van der Waals surface area contributed by atoms with Crippen molar-refractivity contribution in [2.24, 2.45) is 0 Å². The van der Waals surface area contributed by atoms with Gasteiger partial charge in [-0.1, -0.05) is 30.3 Å². The molecule has 5 nitrogen and oxygen atoms in total. The SMILES string of the molecule is N#Cc1ccc(NC2CCCC(NC(=O)CCCc3ccccc3)C2)cn1. The zero-order chi connectivity index (χ0) is 18.9. The minimum absolute atomic E-state index is 0.150. The van der Waals surface area contributed by atoms with Gasteiger partial charge in [-0.15, -0.1) is 0 Å². The van der Waals surface area contributed by atoms with Crippen molar-refractivity contribution in [1.82, 2.24) is 10.3 Å². The molecule has 2 unspecified atom stereocenters. The number of benzene rings is 1. The normalized spacial score (nSPS) is 19.1. The molecule has 2 atom stereocenters. The third-order valence-corrected chi connectivity index (χ3v) is 5.00. The van der Waals surface area contributed by atoms with Crippen LogP contribution in [0.2, 0.25) is 0 Å². The topological polar surface area (TPSA) is 77.8 Å². The number of hydrogen-bond acceptors (Lipinski definition) is 4. The Morgan fingerprint density at radius 3 is 2.70 bits per heavy atom. The second-order valence-corrected chi connectivity index (χ2v) is 7.16. The maximum atomic E-state index is 12.3. The molecule has 0 bridgehead atoms. The van der Waals surface area contributed by atoms with E-state index in [-0.39, 0.29) is 11.9 Å². The molecule has 1 aliphatic carbocycles. The Morgan fingerprint density at radius 2 is 1.96 bits per heavy atom. The Kier molecular flexibility index (Phi) is 6.81. The summed E-state index contributed by atoms with van der Waals surface area (Å²) in [4.78, 5) is 16.4. The lowest BCUT2D eigenvalue weighted by atomic mass is 9.90. The first-order valence-electron chi connectivity index (χ1n) is 9.69. The molecule has 0 aliphatic heterocycles. The van der Waals surface area contributed by atoms with Crippen molar-refractivity contribution >= 4 is 11.6 Å². The fraction of sp³-hybridized carbons (Fsp3) is 0.409. The molecule has 1 aliphatic rings. The number of rotatable bonds is 7. The first kappa shape index (κ1) is 18.9. The maximum Gasteiger partial charge on any atom is 0.220 e. The second kappa shape index (κ2) is 9.72. The number of aromatic nitrogens is 1. The summed E-state index contributed by atoms with van der Waals surface area (Å²) in [6.45, 7) is 0. The zero-order valence-corrected chi connectivity index (χ0v) is 15.5. The minimum Gasteiger partial charge on any atom is -0.381 e. The third kappa shape index (κ3) is 6.10. The highest BCUT2D eigenvalue weighted by Crippen LogP contribution is 2.22. The predicted molar refractivity (Wildman–Crippen MR) is 106 cm³/mol. The molecule has 1 fully saturated rings. The molecule has 0 radical (unpaired) electrons. The van der Waals surface area contributed by atoms with Crippen molar-refractivity contribution in [3.05, 3.63) is 59.9 Å². The number of carbonyl (C=O) groups is 1. The number of nitrogens with one attached hydrogen (secondary N) is 2. The van der Waals surface area contributed by atoms with Crippen LogP contribution in [0.1, 0.15) is 49.8 Å². The van der Waals surface area contributed by atoms with E-state index in [1.165, 1.54) is 5.56 Å². The molecule has 2 aromatic rings. The van der Waals surface area contributed by atoms with Crippen LogP contribution in [0.4, 0.5) is 5.69 Å². The molecule has 1 amide bonds. The van der Waals surface area contributed by atoms with E-state index in [0.717, 1.165) is 44.2 Å². The van der Waals surface area contributed by atoms with E-state index < -0.39 is 0 Å². The molecule has 0 spiro atoms. The van der Waals surface area contributed by atoms with Crippen LogP contribution in [0, 0.1) is 11.3 Å². The smallest absolute Gasteiger partial charge is 0.220 e. The van der Waals surface area contributed by atoms with Crippen LogP contribution in [0.3, 0.4) is 0 Å². The third-order valence-electron chi connectivity index (χ3n) is 5.00. The van der Waals surface area contributed by atoms with Crippen LogP contribution >= 0.6 is 0 Å². The summed E-state index contributed by atoms with van der Waals surface area (Å²) in [5.41, 5.74) is 2.63. The van der Waals surface area contributed by atoms with Gasteiger partial charge in [0.2, 0.25) is 5.91 Å². The quantitative estimate of drug-likeness (QED) is 0.785. The van der Waals surface area contributed by atoms with E-state index in [1.54, 1.807) is 12.3 Å². The van der Waals surface area contributed by atoms with Gasteiger partial charge in [0.05, 0.1) is 11.9 Å². The molecule has 1 heterocycles. The van der Waals surface area contributed by atoms with Gasteiger partial charge in [0.1, 0.15) is 11.8 Å². The first-order valence-corrected chi connectivity index (χ1v) is 9.69. The van der Waals surface area contributed by atoms with Gasteiger partial charge in [0.15, 0.2) is 0 Å². The van der Waals surface area contributed by atoms with E-state index >= 15 is 0 Å².